The second-order valence-electron chi connectivity index (χ2n) is 5.48. The highest BCUT2D eigenvalue weighted by Crippen LogP contribution is 2.17. The molecule has 124 valence electrons. The maximum Gasteiger partial charge on any atom is 0.227 e. The van der Waals surface area contributed by atoms with E-state index in [1.165, 1.54) is 16.2 Å². The quantitative estimate of drug-likeness (QED) is 0.914. The summed E-state index contributed by atoms with van der Waals surface area (Å²) in [5.41, 5.74) is 6.73. The van der Waals surface area contributed by atoms with Gasteiger partial charge >= 0.3 is 0 Å². The molecule has 1 aromatic carbocycles. The summed E-state index contributed by atoms with van der Waals surface area (Å²) in [4.78, 5) is 21.9. The smallest absolute Gasteiger partial charge is 0.227 e. The molecule has 7 heteroatoms. The molecule has 0 spiro atoms. The van der Waals surface area contributed by atoms with Gasteiger partial charge in [0.2, 0.25) is 5.91 Å². The van der Waals surface area contributed by atoms with Crippen LogP contribution in [0.1, 0.15) is 10.4 Å². The van der Waals surface area contributed by atoms with E-state index in [1.807, 2.05) is 41.4 Å². The number of carbonyl (C=O) groups is 1. The minimum absolute atomic E-state index is 0. The molecule has 0 atom stereocenters. The van der Waals surface area contributed by atoms with E-state index in [2.05, 4.69) is 9.88 Å². The zero-order chi connectivity index (χ0) is 15.4. The van der Waals surface area contributed by atoms with Crippen LogP contribution in [0.3, 0.4) is 0 Å². The van der Waals surface area contributed by atoms with Crippen LogP contribution in [0.25, 0.3) is 0 Å². The van der Waals surface area contributed by atoms with E-state index in [4.69, 9.17) is 5.73 Å². The van der Waals surface area contributed by atoms with E-state index in [9.17, 15) is 4.79 Å². The molecule has 0 radical (unpaired) electrons. The van der Waals surface area contributed by atoms with Crippen molar-refractivity contribution in [2.75, 3.05) is 31.9 Å². The standard InChI is InChI=1S/C16H20N4OS.ClH/c17-16-18-11-14(22-16)12-19-6-8-20(9-7-19)15(21)10-13-4-2-1-3-5-13;/h1-5,11H,6-10,12H2,(H2,17,18);1H. The zero-order valence-corrected chi connectivity index (χ0v) is 14.5. The zero-order valence-electron chi connectivity index (χ0n) is 12.9. The van der Waals surface area contributed by atoms with E-state index in [-0.39, 0.29) is 18.3 Å². The van der Waals surface area contributed by atoms with Crippen LogP contribution in [0.2, 0.25) is 0 Å². The highest BCUT2D eigenvalue weighted by Gasteiger charge is 2.21. The first kappa shape index (κ1) is 17.7. The fraction of sp³-hybridized carbons (Fsp3) is 0.375. The van der Waals surface area contributed by atoms with Gasteiger partial charge in [-0.05, 0) is 5.56 Å². The number of anilines is 1. The molecule has 23 heavy (non-hydrogen) atoms. The van der Waals surface area contributed by atoms with E-state index < -0.39 is 0 Å². The largest absolute Gasteiger partial charge is 0.375 e. The number of amides is 1. The number of rotatable bonds is 4. The van der Waals surface area contributed by atoms with E-state index >= 15 is 0 Å². The molecule has 1 aromatic heterocycles. The Kier molecular flexibility index (Phi) is 6.38. The number of carbonyl (C=O) groups excluding carboxylic acids is 1. The first-order valence-corrected chi connectivity index (χ1v) is 8.26. The Labute approximate surface area is 146 Å². The summed E-state index contributed by atoms with van der Waals surface area (Å²) in [6.45, 7) is 4.26. The van der Waals surface area contributed by atoms with Gasteiger partial charge in [0.1, 0.15) is 0 Å². The summed E-state index contributed by atoms with van der Waals surface area (Å²) in [6, 6.07) is 9.92. The van der Waals surface area contributed by atoms with Crippen molar-refractivity contribution < 1.29 is 4.79 Å². The van der Waals surface area contributed by atoms with Crippen LogP contribution in [-0.4, -0.2) is 46.9 Å². The predicted octanol–water partition coefficient (Wildman–Crippen LogP) is 2.03. The highest BCUT2D eigenvalue weighted by atomic mass is 35.5. The molecule has 2 heterocycles. The van der Waals surface area contributed by atoms with E-state index in [0.29, 0.717) is 11.6 Å². The number of piperazine rings is 1. The van der Waals surface area contributed by atoms with Crippen LogP contribution in [0.15, 0.2) is 36.5 Å². The molecular weight excluding hydrogens is 332 g/mol. The lowest BCUT2D eigenvalue weighted by molar-refractivity contribution is -0.132. The van der Waals surface area contributed by atoms with Gasteiger partial charge in [0.05, 0.1) is 6.42 Å². The fourth-order valence-electron chi connectivity index (χ4n) is 2.65. The van der Waals surface area contributed by atoms with Gasteiger partial charge in [-0.25, -0.2) is 4.98 Å². The molecule has 0 aliphatic carbocycles. The number of halogens is 1. The lowest BCUT2D eigenvalue weighted by Gasteiger charge is -2.34. The molecule has 5 nitrogen and oxygen atoms in total. The summed E-state index contributed by atoms with van der Waals surface area (Å²) in [6.07, 6.45) is 2.33. The van der Waals surface area contributed by atoms with Gasteiger partial charge in [0, 0.05) is 43.8 Å². The minimum Gasteiger partial charge on any atom is -0.375 e. The Bertz CT molecular complexity index is 626. The van der Waals surface area contributed by atoms with Crippen molar-refractivity contribution in [3.05, 3.63) is 47.0 Å². The van der Waals surface area contributed by atoms with Crippen LogP contribution in [0.5, 0.6) is 0 Å². The van der Waals surface area contributed by atoms with Crippen molar-refractivity contribution in [2.24, 2.45) is 0 Å². The summed E-state index contributed by atoms with van der Waals surface area (Å²) < 4.78 is 0. The van der Waals surface area contributed by atoms with E-state index in [1.54, 1.807) is 0 Å². The normalized spacial score (nSPS) is 15.2. The number of hydrogen-bond acceptors (Lipinski definition) is 5. The van der Waals surface area contributed by atoms with Crippen molar-refractivity contribution in [1.29, 1.82) is 0 Å². The summed E-state index contributed by atoms with van der Waals surface area (Å²) in [5, 5.41) is 0.617. The van der Waals surface area contributed by atoms with Crippen LogP contribution in [0.4, 0.5) is 5.13 Å². The lowest BCUT2D eigenvalue weighted by Crippen LogP contribution is -2.48. The Hall–Kier alpha value is -1.63. The van der Waals surface area contributed by atoms with Crippen molar-refractivity contribution in [1.82, 2.24) is 14.8 Å². The number of nitrogens with zero attached hydrogens (tertiary/aromatic N) is 3. The molecule has 0 unspecified atom stereocenters. The maximum absolute atomic E-state index is 12.3. The summed E-state index contributed by atoms with van der Waals surface area (Å²) in [5.74, 6) is 0.216. The minimum atomic E-state index is 0. The number of benzene rings is 1. The van der Waals surface area contributed by atoms with E-state index in [0.717, 1.165) is 38.3 Å². The van der Waals surface area contributed by atoms with Crippen LogP contribution < -0.4 is 5.73 Å². The Balaban J connectivity index is 0.00000192. The molecule has 1 saturated heterocycles. The third-order valence-corrected chi connectivity index (χ3v) is 4.69. The van der Waals surface area contributed by atoms with Crippen molar-refractivity contribution in [2.45, 2.75) is 13.0 Å². The SMILES string of the molecule is Cl.Nc1ncc(CN2CCN(C(=O)Cc3ccccc3)CC2)s1. The number of hydrogen-bond donors (Lipinski definition) is 1. The van der Waals surface area contributed by atoms with Crippen LogP contribution in [0, 0.1) is 0 Å². The predicted molar refractivity (Wildman–Crippen MR) is 95.8 cm³/mol. The Morgan fingerprint density at radius 3 is 2.48 bits per heavy atom. The number of nitrogen functional groups attached to an aromatic ring is 1. The molecular formula is C16H21ClN4OS. The van der Waals surface area contributed by atoms with Crippen molar-refractivity contribution >= 4 is 34.8 Å². The van der Waals surface area contributed by atoms with Gasteiger partial charge in [0.15, 0.2) is 5.13 Å². The third-order valence-electron chi connectivity index (χ3n) is 3.87. The van der Waals surface area contributed by atoms with Crippen LogP contribution in [-0.2, 0) is 17.8 Å². The molecule has 2 N–H and O–H groups in total. The fourth-order valence-corrected chi connectivity index (χ4v) is 3.38. The van der Waals surface area contributed by atoms with Gasteiger partial charge in [-0.3, -0.25) is 9.69 Å². The van der Waals surface area contributed by atoms with Gasteiger partial charge in [-0.2, -0.15) is 0 Å². The van der Waals surface area contributed by atoms with Gasteiger partial charge in [-0.15, -0.1) is 23.7 Å². The molecule has 1 aliphatic heterocycles. The third kappa shape index (κ3) is 4.92. The molecule has 0 bridgehead atoms. The second-order valence-corrected chi connectivity index (χ2v) is 6.63. The van der Waals surface area contributed by atoms with Crippen LogP contribution >= 0.6 is 23.7 Å². The Morgan fingerprint density at radius 1 is 1.17 bits per heavy atom. The molecule has 1 aliphatic rings. The van der Waals surface area contributed by atoms with Crippen molar-refractivity contribution in [3.8, 4) is 0 Å². The van der Waals surface area contributed by atoms with Crippen molar-refractivity contribution in [3.63, 3.8) is 0 Å². The number of aromatic nitrogens is 1. The maximum atomic E-state index is 12.3. The second kappa shape index (κ2) is 8.29. The first-order valence-electron chi connectivity index (χ1n) is 7.45. The molecule has 3 rings (SSSR count). The van der Waals surface area contributed by atoms with Gasteiger partial charge < -0.3 is 10.6 Å². The molecule has 0 saturated carbocycles. The number of nitrogens with two attached hydrogens (primary N) is 1. The van der Waals surface area contributed by atoms with Gasteiger partial charge in [-0.1, -0.05) is 30.3 Å². The average Bonchev–Trinajstić information content (AvgIpc) is 2.94. The number of thiazole rings is 1. The monoisotopic (exact) mass is 352 g/mol. The lowest BCUT2D eigenvalue weighted by atomic mass is 10.1. The Morgan fingerprint density at radius 2 is 1.87 bits per heavy atom. The highest BCUT2D eigenvalue weighted by molar-refractivity contribution is 7.15. The molecule has 2 aromatic rings. The average molecular weight is 353 g/mol. The first-order chi connectivity index (χ1) is 10.7. The molecule has 1 amide bonds. The topological polar surface area (TPSA) is 62.5 Å². The molecule has 1 fully saturated rings. The summed E-state index contributed by atoms with van der Waals surface area (Å²) in [7, 11) is 0. The summed E-state index contributed by atoms with van der Waals surface area (Å²) >= 11 is 1.53. The van der Waals surface area contributed by atoms with Gasteiger partial charge in [0.25, 0.3) is 0 Å².